The third-order valence-electron chi connectivity index (χ3n) is 2.28. The molecule has 0 saturated heterocycles. The highest BCUT2D eigenvalue weighted by molar-refractivity contribution is 5.57. The van der Waals surface area contributed by atoms with Crippen molar-refractivity contribution in [3.8, 4) is 11.3 Å². The lowest BCUT2D eigenvalue weighted by Crippen LogP contribution is -2.04. The van der Waals surface area contributed by atoms with Crippen molar-refractivity contribution in [2.75, 3.05) is 6.54 Å². The lowest BCUT2D eigenvalue weighted by atomic mass is 10.2. The molecule has 0 aliphatic heterocycles. The Morgan fingerprint density at radius 1 is 1.12 bits per heavy atom. The molecule has 0 atom stereocenters. The number of aryl methyl sites for hydroxylation is 1. The number of aromatic nitrogens is 3. The molecule has 0 saturated carbocycles. The first-order valence-corrected chi connectivity index (χ1v) is 5.34. The zero-order valence-electron chi connectivity index (χ0n) is 9.00. The molecular formula is C12H14N4. The smallest absolute Gasteiger partial charge is 0.151 e. The van der Waals surface area contributed by atoms with Crippen molar-refractivity contribution in [1.29, 1.82) is 0 Å². The highest BCUT2D eigenvalue weighted by atomic mass is 15.1. The number of hydrogen-bond donors (Lipinski definition) is 1. The van der Waals surface area contributed by atoms with E-state index in [-0.39, 0.29) is 0 Å². The molecule has 2 N–H and O–H groups in total. The quantitative estimate of drug-likeness (QED) is 0.836. The topological polar surface area (TPSA) is 64.7 Å². The first kappa shape index (κ1) is 10.7. The molecule has 1 aromatic heterocycles. The second kappa shape index (κ2) is 5.32. The summed E-state index contributed by atoms with van der Waals surface area (Å²) in [5.41, 5.74) is 7.37. The molecule has 0 aliphatic carbocycles. The van der Waals surface area contributed by atoms with Gasteiger partial charge < -0.3 is 5.73 Å². The van der Waals surface area contributed by atoms with Crippen LogP contribution in [0.25, 0.3) is 11.3 Å². The highest BCUT2D eigenvalue weighted by Gasteiger charge is 2.02. The predicted molar refractivity (Wildman–Crippen MR) is 62.6 cm³/mol. The third-order valence-corrected chi connectivity index (χ3v) is 2.28. The summed E-state index contributed by atoms with van der Waals surface area (Å²) >= 11 is 0. The zero-order valence-corrected chi connectivity index (χ0v) is 9.00. The number of rotatable bonds is 4. The van der Waals surface area contributed by atoms with Gasteiger partial charge in [-0.3, -0.25) is 0 Å². The van der Waals surface area contributed by atoms with E-state index in [4.69, 9.17) is 5.73 Å². The van der Waals surface area contributed by atoms with Crippen LogP contribution >= 0.6 is 0 Å². The van der Waals surface area contributed by atoms with Crippen molar-refractivity contribution in [1.82, 2.24) is 15.2 Å². The van der Waals surface area contributed by atoms with Crippen LogP contribution in [-0.4, -0.2) is 21.7 Å². The van der Waals surface area contributed by atoms with Gasteiger partial charge in [-0.25, -0.2) is 4.98 Å². The molecule has 0 bridgehead atoms. The van der Waals surface area contributed by atoms with E-state index >= 15 is 0 Å². The molecule has 4 heteroatoms. The van der Waals surface area contributed by atoms with E-state index in [9.17, 15) is 0 Å². The van der Waals surface area contributed by atoms with Crippen LogP contribution in [0.1, 0.15) is 12.2 Å². The number of nitrogens with zero attached hydrogens (tertiary/aromatic N) is 3. The monoisotopic (exact) mass is 214 g/mol. The molecule has 2 aromatic rings. The molecule has 0 spiro atoms. The average Bonchev–Trinajstić information content (AvgIpc) is 2.38. The average molecular weight is 214 g/mol. The van der Waals surface area contributed by atoms with Crippen LogP contribution in [0, 0.1) is 0 Å². The predicted octanol–water partition coefficient (Wildman–Crippen LogP) is 1.43. The molecule has 0 radical (unpaired) electrons. The zero-order chi connectivity index (χ0) is 11.2. The van der Waals surface area contributed by atoms with Crippen LogP contribution < -0.4 is 5.73 Å². The molecule has 1 heterocycles. The largest absolute Gasteiger partial charge is 0.330 e. The Morgan fingerprint density at radius 2 is 1.94 bits per heavy atom. The Balaban J connectivity index is 2.22. The van der Waals surface area contributed by atoms with Gasteiger partial charge in [0, 0.05) is 12.0 Å². The van der Waals surface area contributed by atoms with Crippen molar-refractivity contribution in [2.45, 2.75) is 12.8 Å². The number of benzene rings is 1. The fourth-order valence-corrected chi connectivity index (χ4v) is 1.45. The van der Waals surface area contributed by atoms with E-state index in [1.54, 1.807) is 6.20 Å². The van der Waals surface area contributed by atoms with Crippen LogP contribution in [0.3, 0.4) is 0 Å². The second-order valence-corrected chi connectivity index (χ2v) is 3.52. The van der Waals surface area contributed by atoms with Crippen molar-refractivity contribution >= 4 is 0 Å². The van der Waals surface area contributed by atoms with Crippen LogP contribution in [0.5, 0.6) is 0 Å². The SMILES string of the molecule is NCCCc1nncc(-c2ccccc2)n1. The van der Waals surface area contributed by atoms with Gasteiger partial charge >= 0.3 is 0 Å². The molecule has 16 heavy (non-hydrogen) atoms. The molecule has 0 unspecified atom stereocenters. The van der Waals surface area contributed by atoms with Gasteiger partial charge in [0.25, 0.3) is 0 Å². The van der Waals surface area contributed by atoms with Gasteiger partial charge in [-0.15, -0.1) is 5.10 Å². The lowest BCUT2D eigenvalue weighted by molar-refractivity contribution is 0.753. The summed E-state index contributed by atoms with van der Waals surface area (Å²) < 4.78 is 0. The lowest BCUT2D eigenvalue weighted by Gasteiger charge is -2.01. The van der Waals surface area contributed by atoms with E-state index in [0.717, 1.165) is 29.9 Å². The Labute approximate surface area is 94.6 Å². The van der Waals surface area contributed by atoms with Crippen molar-refractivity contribution < 1.29 is 0 Å². The van der Waals surface area contributed by atoms with E-state index in [0.29, 0.717) is 6.54 Å². The Hall–Kier alpha value is -1.81. The molecule has 1 aromatic carbocycles. The molecule has 82 valence electrons. The van der Waals surface area contributed by atoms with Gasteiger partial charge in [0.2, 0.25) is 0 Å². The van der Waals surface area contributed by atoms with Gasteiger partial charge in [0.15, 0.2) is 5.82 Å². The van der Waals surface area contributed by atoms with Crippen LogP contribution in [0.15, 0.2) is 36.5 Å². The summed E-state index contributed by atoms with van der Waals surface area (Å²) in [5, 5.41) is 7.95. The summed E-state index contributed by atoms with van der Waals surface area (Å²) in [5.74, 6) is 0.756. The highest BCUT2D eigenvalue weighted by Crippen LogP contribution is 2.14. The summed E-state index contributed by atoms with van der Waals surface area (Å²) in [6.07, 6.45) is 3.35. The van der Waals surface area contributed by atoms with Crippen molar-refractivity contribution in [3.63, 3.8) is 0 Å². The van der Waals surface area contributed by atoms with Crippen molar-refractivity contribution in [2.24, 2.45) is 5.73 Å². The van der Waals surface area contributed by atoms with Crippen molar-refractivity contribution in [3.05, 3.63) is 42.4 Å². The fraction of sp³-hybridized carbons (Fsp3) is 0.250. The molecule has 0 amide bonds. The maximum Gasteiger partial charge on any atom is 0.151 e. The van der Waals surface area contributed by atoms with Gasteiger partial charge in [0.05, 0.1) is 11.9 Å². The third kappa shape index (κ3) is 2.61. The summed E-state index contributed by atoms with van der Waals surface area (Å²) in [7, 11) is 0. The molecular weight excluding hydrogens is 200 g/mol. The molecule has 0 fully saturated rings. The Morgan fingerprint density at radius 3 is 2.69 bits per heavy atom. The van der Waals surface area contributed by atoms with Gasteiger partial charge in [-0.05, 0) is 13.0 Å². The van der Waals surface area contributed by atoms with Gasteiger partial charge in [0.1, 0.15) is 0 Å². The van der Waals surface area contributed by atoms with Gasteiger partial charge in [-0.1, -0.05) is 30.3 Å². The number of nitrogens with two attached hydrogens (primary N) is 1. The van der Waals surface area contributed by atoms with Crippen LogP contribution in [0.2, 0.25) is 0 Å². The molecule has 4 nitrogen and oxygen atoms in total. The Kier molecular flexibility index (Phi) is 3.56. The molecule has 2 rings (SSSR count). The standard InChI is InChI=1S/C12H14N4/c13-8-4-7-12-15-11(9-14-16-12)10-5-2-1-3-6-10/h1-3,5-6,9H,4,7-8,13H2. The van der Waals surface area contributed by atoms with E-state index in [2.05, 4.69) is 15.2 Å². The first-order chi connectivity index (χ1) is 7.90. The van der Waals surface area contributed by atoms with E-state index < -0.39 is 0 Å². The van der Waals surface area contributed by atoms with Crippen LogP contribution in [0.4, 0.5) is 0 Å². The van der Waals surface area contributed by atoms with Crippen LogP contribution in [-0.2, 0) is 6.42 Å². The minimum Gasteiger partial charge on any atom is -0.330 e. The maximum absolute atomic E-state index is 5.45. The second-order valence-electron chi connectivity index (χ2n) is 3.52. The van der Waals surface area contributed by atoms with E-state index in [1.165, 1.54) is 0 Å². The summed E-state index contributed by atoms with van der Waals surface area (Å²) in [4.78, 5) is 4.45. The molecule has 0 aliphatic rings. The fourth-order valence-electron chi connectivity index (χ4n) is 1.45. The number of hydrogen-bond acceptors (Lipinski definition) is 4. The van der Waals surface area contributed by atoms with E-state index in [1.807, 2.05) is 30.3 Å². The summed E-state index contributed by atoms with van der Waals surface area (Å²) in [6, 6.07) is 9.97. The minimum absolute atomic E-state index is 0.652. The normalized spacial score (nSPS) is 10.3. The maximum atomic E-state index is 5.45. The summed E-state index contributed by atoms with van der Waals surface area (Å²) in [6.45, 7) is 0.652. The van der Waals surface area contributed by atoms with Gasteiger partial charge in [-0.2, -0.15) is 5.10 Å². The first-order valence-electron chi connectivity index (χ1n) is 5.34. The Bertz CT molecular complexity index is 442. The minimum atomic E-state index is 0.652.